The molecule has 1 aromatic carbocycles. The molecule has 2 heteroatoms. The molecule has 0 amide bonds. The van der Waals surface area contributed by atoms with Crippen molar-refractivity contribution in [1.82, 2.24) is 4.98 Å². The van der Waals surface area contributed by atoms with Crippen LogP contribution in [0.1, 0.15) is 19.3 Å². The smallest absolute Gasteiger partial charge is 0.0722 e. The van der Waals surface area contributed by atoms with E-state index in [0.29, 0.717) is 6.04 Å². The SMILES string of the molecule is c1ccc2c(NC3CCC3)ccnc2c1. The first-order chi connectivity index (χ1) is 7.43. The number of para-hydroxylation sites is 1. The van der Waals surface area contributed by atoms with Gasteiger partial charge in [-0.1, -0.05) is 18.2 Å². The molecule has 1 aromatic heterocycles. The fourth-order valence-electron chi connectivity index (χ4n) is 1.99. The predicted molar refractivity (Wildman–Crippen MR) is 63.0 cm³/mol. The summed E-state index contributed by atoms with van der Waals surface area (Å²) in [4.78, 5) is 4.35. The summed E-state index contributed by atoms with van der Waals surface area (Å²) in [7, 11) is 0. The highest BCUT2D eigenvalue weighted by atomic mass is 14.9. The molecule has 1 N–H and O–H groups in total. The standard InChI is InChI=1S/C13H14N2/c1-2-7-12-11(6-1)13(8-9-14-12)15-10-4-3-5-10/h1-2,6-10H,3-5H2,(H,14,15). The summed E-state index contributed by atoms with van der Waals surface area (Å²) < 4.78 is 0. The van der Waals surface area contributed by atoms with Gasteiger partial charge in [0, 0.05) is 23.3 Å². The van der Waals surface area contributed by atoms with Crippen molar-refractivity contribution in [3.63, 3.8) is 0 Å². The maximum Gasteiger partial charge on any atom is 0.0722 e. The third-order valence-electron chi connectivity index (χ3n) is 3.11. The summed E-state index contributed by atoms with van der Waals surface area (Å²) in [5.74, 6) is 0. The Morgan fingerprint density at radius 1 is 1.13 bits per heavy atom. The van der Waals surface area contributed by atoms with Gasteiger partial charge in [-0.15, -0.1) is 0 Å². The molecule has 0 unspecified atom stereocenters. The van der Waals surface area contributed by atoms with Crippen molar-refractivity contribution in [2.45, 2.75) is 25.3 Å². The second-order valence-corrected chi connectivity index (χ2v) is 4.15. The van der Waals surface area contributed by atoms with Gasteiger partial charge in [0.15, 0.2) is 0 Å². The number of fused-ring (bicyclic) bond motifs is 1. The van der Waals surface area contributed by atoms with E-state index in [2.05, 4.69) is 34.6 Å². The van der Waals surface area contributed by atoms with E-state index in [1.807, 2.05) is 12.3 Å². The lowest BCUT2D eigenvalue weighted by molar-refractivity contribution is 0.446. The van der Waals surface area contributed by atoms with E-state index in [0.717, 1.165) is 5.52 Å². The molecular formula is C13H14N2. The number of anilines is 1. The second-order valence-electron chi connectivity index (χ2n) is 4.15. The molecule has 1 saturated carbocycles. The molecule has 76 valence electrons. The molecule has 2 nitrogen and oxygen atoms in total. The van der Waals surface area contributed by atoms with Crippen molar-refractivity contribution in [3.05, 3.63) is 36.5 Å². The Hall–Kier alpha value is -1.57. The number of nitrogens with zero attached hydrogens (tertiary/aromatic N) is 1. The van der Waals surface area contributed by atoms with E-state index < -0.39 is 0 Å². The van der Waals surface area contributed by atoms with Gasteiger partial charge in [-0.2, -0.15) is 0 Å². The van der Waals surface area contributed by atoms with Gasteiger partial charge in [-0.3, -0.25) is 4.98 Å². The van der Waals surface area contributed by atoms with Gasteiger partial charge in [0.2, 0.25) is 0 Å². The fourth-order valence-corrected chi connectivity index (χ4v) is 1.99. The van der Waals surface area contributed by atoms with E-state index in [1.54, 1.807) is 0 Å². The monoisotopic (exact) mass is 198 g/mol. The van der Waals surface area contributed by atoms with Crippen LogP contribution >= 0.6 is 0 Å². The van der Waals surface area contributed by atoms with Gasteiger partial charge in [-0.05, 0) is 31.4 Å². The van der Waals surface area contributed by atoms with Crippen LogP contribution in [0.15, 0.2) is 36.5 Å². The average molecular weight is 198 g/mol. The van der Waals surface area contributed by atoms with Crippen LogP contribution in [-0.4, -0.2) is 11.0 Å². The maximum atomic E-state index is 4.35. The van der Waals surface area contributed by atoms with Crippen LogP contribution in [0.5, 0.6) is 0 Å². The number of aromatic nitrogens is 1. The van der Waals surface area contributed by atoms with Crippen molar-refractivity contribution >= 4 is 16.6 Å². The largest absolute Gasteiger partial charge is 0.382 e. The zero-order valence-electron chi connectivity index (χ0n) is 8.61. The van der Waals surface area contributed by atoms with Gasteiger partial charge in [-0.25, -0.2) is 0 Å². The normalized spacial score (nSPS) is 16.3. The molecule has 0 bridgehead atoms. The lowest BCUT2D eigenvalue weighted by Gasteiger charge is -2.28. The third kappa shape index (κ3) is 1.56. The molecule has 1 heterocycles. The predicted octanol–water partition coefficient (Wildman–Crippen LogP) is 3.20. The second kappa shape index (κ2) is 3.54. The lowest BCUT2D eigenvalue weighted by atomic mass is 9.93. The molecule has 1 fully saturated rings. The summed E-state index contributed by atoms with van der Waals surface area (Å²) >= 11 is 0. The molecular weight excluding hydrogens is 184 g/mol. The topological polar surface area (TPSA) is 24.9 Å². The number of hydrogen-bond acceptors (Lipinski definition) is 2. The molecule has 3 rings (SSSR count). The van der Waals surface area contributed by atoms with E-state index in [9.17, 15) is 0 Å². The summed E-state index contributed by atoms with van der Waals surface area (Å²) in [6, 6.07) is 11.0. The Kier molecular flexibility index (Phi) is 2.05. The molecule has 2 aromatic rings. The molecule has 1 aliphatic rings. The maximum absolute atomic E-state index is 4.35. The molecule has 0 saturated heterocycles. The Morgan fingerprint density at radius 3 is 2.80 bits per heavy atom. The Morgan fingerprint density at radius 2 is 2.00 bits per heavy atom. The number of benzene rings is 1. The van der Waals surface area contributed by atoms with Gasteiger partial charge in [0.25, 0.3) is 0 Å². The van der Waals surface area contributed by atoms with E-state index >= 15 is 0 Å². The van der Waals surface area contributed by atoms with Crippen LogP contribution < -0.4 is 5.32 Å². The highest BCUT2D eigenvalue weighted by Crippen LogP contribution is 2.27. The van der Waals surface area contributed by atoms with Crippen LogP contribution in [-0.2, 0) is 0 Å². The minimum Gasteiger partial charge on any atom is -0.382 e. The van der Waals surface area contributed by atoms with Gasteiger partial charge < -0.3 is 5.32 Å². The van der Waals surface area contributed by atoms with Crippen LogP contribution in [0.25, 0.3) is 10.9 Å². The Labute approximate surface area is 89.3 Å². The molecule has 0 radical (unpaired) electrons. The van der Waals surface area contributed by atoms with Crippen molar-refractivity contribution in [2.24, 2.45) is 0 Å². The average Bonchev–Trinajstić information content (AvgIpc) is 2.23. The molecule has 1 aliphatic carbocycles. The fraction of sp³-hybridized carbons (Fsp3) is 0.308. The minimum atomic E-state index is 0.677. The van der Waals surface area contributed by atoms with Gasteiger partial charge >= 0.3 is 0 Å². The molecule has 0 aliphatic heterocycles. The van der Waals surface area contributed by atoms with Gasteiger partial charge in [0.05, 0.1) is 5.52 Å². The Balaban J connectivity index is 2.01. The first-order valence-electron chi connectivity index (χ1n) is 5.54. The number of nitrogens with one attached hydrogen (secondary N) is 1. The van der Waals surface area contributed by atoms with Crippen LogP contribution in [0.3, 0.4) is 0 Å². The quantitative estimate of drug-likeness (QED) is 0.801. The van der Waals surface area contributed by atoms with Crippen LogP contribution in [0.4, 0.5) is 5.69 Å². The van der Waals surface area contributed by atoms with E-state index in [1.165, 1.54) is 30.3 Å². The summed E-state index contributed by atoms with van der Waals surface area (Å²) in [5, 5.41) is 4.81. The van der Waals surface area contributed by atoms with Crippen molar-refractivity contribution in [1.29, 1.82) is 0 Å². The highest BCUT2D eigenvalue weighted by Gasteiger charge is 2.17. The summed E-state index contributed by atoms with van der Waals surface area (Å²) in [6.07, 6.45) is 5.84. The number of rotatable bonds is 2. The van der Waals surface area contributed by atoms with Crippen molar-refractivity contribution in [2.75, 3.05) is 5.32 Å². The van der Waals surface area contributed by atoms with Crippen LogP contribution in [0.2, 0.25) is 0 Å². The summed E-state index contributed by atoms with van der Waals surface area (Å²) in [5.41, 5.74) is 2.30. The Bertz CT molecular complexity index is 469. The van der Waals surface area contributed by atoms with Gasteiger partial charge in [0.1, 0.15) is 0 Å². The van der Waals surface area contributed by atoms with Crippen molar-refractivity contribution < 1.29 is 0 Å². The zero-order valence-corrected chi connectivity index (χ0v) is 8.61. The van der Waals surface area contributed by atoms with E-state index in [-0.39, 0.29) is 0 Å². The molecule has 0 spiro atoms. The van der Waals surface area contributed by atoms with Crippen LogP contribution in [0, 0.1) is 0 Å². The summed E-state index contributed by atoms with van der Waals surface area (Å²) in [6.45, 7) is 0. The first-order valence-corrected chi connectivity index (χ1v) is 5.54. The molecule has 0 atom stereocenters. The number of hydrogen-bond donors (Lipinski definition) is 1. The molecule has 15 heavy (non-hydrogen) atoms. The highest BCUT2D eigenvalue weighted by molar-refractivity contribution is 5.90. The third-order valence-corrected chi connectivity index (χ3v) is 3.11. The van der Waals surface area contributed by atoms with E-state index in [4.69, 9.17) is 0 Å². The van der Waals surface area contributed by atoms with Crippen molar-refractivity contribution in [3.8, 4) is 0 Å². The first kappa shape index (κ1) is 8.72. The zero-order chi connectivity index (χ0) is 10.1. The lowest BCUT2D eigenvalue weighted by Crippen LogP contribution is -2.27. The number of pyridine rings is 1. The minimum absolute atomic E-state index is 0.677.